The minimum Gasteiger partial charge on any atom is -0.391 e. The van der Waals surface area contributed by atoms with Gasteiger partial charge in [-0.2, -0.15) is 5.26 Å². The van der Waals surface area contributed by atoms with E-state index in [0.717, 1.165) is 25.7 Å². The summed E-state index contributed by atoms with van der Waals surface area (Å²) in [5.74, 6) is 0.157. The molecule has 1 aliphatic carbocycles. The van der Waals surface area contributed by atoms with Crippen LogP contribution in [-0.4, -0.2) is 26.2 Å². The monoisotopic (exact) mass is 328 g/mol. The molecule has 0 spiro atoms. The summed E-state index contributed by atoms with van der Waals surface area (Å²) in [5.41, 5.74) is 0.296. The number of aliphatic hydroxyl groups excluding tert-OH is 1. The van der Waals surface area contributed by atoms with Crippen LogP contribution in [0.3, 0.4) is 0 Å². The molecule has 0 amide bonds. The maximum absolute atomic E-state index is 12.2. The third-order valence-corrected chi connectivity index (χ3v) is 5.68. The smallest absolute Gasteiger partial charge is 0.242 e. The van der Waals surface area contributed by atoms with Crippen molar-refractivity contribution in [2.75, 3.05) is 6.54 Å². The highest BCUT2D eigenvalue weighted by Crippen LogP contribution is 2.28. The van der Waals surface area contributed by atoms with E-state index in [4.69, 9.17) is 16.9 Å². The first kappa shape index (κ1) is 16.2. The number of benzene rings is 1. The van der Waals surface area contributed by atoms with Crippen molar-refractivity contribution in [1.82, 2.24) is 4.72 Å². The third-order valence-electron chi connectivity index (χ3n) is 3.78. The highest BCUT2D eigenvalue weighted by atomic mass is 35.5. The Morgan fingerprint density at radius 1 is 1.43 bits per heavy atom. The molecule has 21 heavy (non-hydrogen) atoms. The van der Waals surface area contributed by atoms with Gasteiger partial charge in [0.2, 0.25) is 10.0 Å². The van der Waals surface area contributed by atoms with Gasteiger partial charge in [-0.05, 0) is 37.0 Å². The molecule has 0 heterocycles. The molecule has 1 atom stereocenters. The second-order valence-corrected chi connectivity index (χ2v) is 7.36. The minimum absolute atomic E-state index is 0.00286. The van der Waals surface area contributed by atoms with E-state index in [0.29, 0.717) is 5.56 Å². The zero-order valence-electron chi connectivity index (χ0n) is 11.4. The predicted molar refractivity (Wildman–Crippen MR) is 79.3 cm³/mol. The largest absolute Gasteiger partial charge is 0.391 e. The second kappa shape index (κ2) is 6.75. The molecule has 5 nitrogen and oxygen atoms in total. The SMILES string of the molecule is N#Cc1ccc(S(=O)(=O)NCC(O)C2CCCC2)c(Cl)c1. The molecule has 1 fully saturated rings. The average molecular weight is 329 g/mol. The topological polar surface area (TPSA) is 90.2 Å². The molecule has 0 radical (unpaired) electrons. The van der Waals surface area contributed by atoms with E-state index in [2.05, 4.69) is 4.72 Å². The van der Waals surface area contributed by atoms with Crippen LogP contribution < -0.4 is 4.72 Å². The number of hydrogen-bond donors (Lipinski definition) is 2. The summed E-state index contributed by atoms with van der Waals surface area (Å²) in [4.78, 5) is -0.0817. The summed E-state index contributed by atoms with van der Waals surface area (Å²) in [6, 6.07) is 5.90. The van der Waals surface area contributed by atoms with Gasteiger partial charge in [-0.1, -0.05) is 24.4 Å². The van der Waals surface area contributed by atoms with Crippen LogP contribution in [0, 0.1) is 17.2 Å². The lowest BCUT2D eigenvalue weighted by atomic mass is 10.0. The molecule has 2 rings (SSSR count). The zero-order valence-corrected chi connectivity index (χ0v) is 13.0. The number of nitrogens with one attached hydrogen (secondary N) is 1. The normalized spacial score (nSPS) is 17.6. The highest BCUT2D eigenvalue weighted by Gasteiger charge is 2.25. The molecule has 114 valence electrons. The van der Waals surface area contributed by atoms with Gasteiger partial charge in [-0.3, -0.25) is 0 Å². The summed E-state index contributed by atoms with van der Waals surface area (Å²) in [7, 11) is -3.79. The molecular formula is C14H17ClN2O3S. The van der Waals surface area contributed by atoms with E-state index >= 15 is 0 Å². The first-order valence-corrected chi connectivity index (χ1v) is 8.67. The number of nitriles is 1. The van der Waals surface area contributed by atoms with Crippen LogP contribution in [-0.2, 0) is 10.0 Å². The summed E-state index contributed by atoms with van der Waals surface area (Å²) in [5, 5.41) is 18.8. The summed E-state index contributed by atoms with van der Waals surface area (Å²) < 4.78 is 26.7. The van der Waals surface area contributed by atoms with E-state index in [1.54, 1.807) is 0 Å². The van der Waals surface area contributed by atoms with Gasteiger partial charge in [0.1, 0.15) is 4.90 Å². The Morgan fingerprint density at radius 2 is 2.10 bits per heavy atom. The fourth-order valence-electron chi connectivity index (χ4n) is 2.57. The zero-order chi connectivity index (χ0) is 15.5. The molecule has 7 heteroatoms. The molecule has 1 unspecified atom stereocenters. The molecule has 1 aromatic rings. The second-order valence-electron chi connectivity index (χ2n) is 5.22. The van der Waals surface area contributed by atoms with Gasteiger partial charge >= 0.3 is 0 Å². The van der Waals surface area contributed by atoms with Crippen LogP contribution in [0.5, 0.6) is 0 Å². The quantitative estimate of drug-likeness (QED) is 0.865. The van der Waals surface area contributed by atoms with E-state index in [9.17, 15) is 13.5 Å². The van der Waals surface area contributed by atoms with Gasteiger partial charge in [0.25, 0.3) is 0 Å². The Balaban J connectivity index is 2.06. The van der Waals surface area contributed by atoms with E-state index in [1.807, 2.05) is 6.07 Å². The van der Waals surface area contributed by atoms with E-state index < -0.39 is 16.1 Å². The van der Waals surface area contributed by atoms with Crippen LogP contribution in [0.4, 0.5) is 0 Å². The number of rotatable bonds is 5. The van der Waals surface area contributed by atoms with Crippen molar-refractivity contribution >= 4 is 21.6 Å². The molecule has 2 N–H and O–H groups in total. The summed E-state index contributed by atoms with van der Waals surface area (Å²) in [6.45, 7) is -0.0245. The molecule has 1 aliphatic rings. The molecule has 0 bridgehead atoms. The lowest BCUT2D eigenvalue weighted by Crippen LogP contribution is -2.35. The van der Waals surface area contributed by atoms with E-state index in [-0.39, 0.29) is 22.4 Å². The first-order chi connectivity index (χ1) is 9.94. The van der Waals surface area contributed by atoms with Crippen LogP contribution in [0.15, 0.2) is 23.1 Å². The number of hydrogen-bond acceptors (Lipinski definition) is 4. The van der Waals surface area contributed by atoms with Crippen molar-refractivity contribution in [3.05, 3.63) is 28.8 Å². The van der Waals surface area contributed by atoms with Gasteiger partial charge in [-0.25, -0.2) is 13.1 Å². The number of nitrogens with zero attached hydrogens (tertiary/aromatic N) is 1. The van der Waals surface area contributed by atoms with Gasteiger partial charge in [0.15, 0.2) is 0 Å². The van der Waals surface area contributed by atoms with Crippen molar-refractivity contribution in [2.24, 2.45) is 5.92 Å². The van der Waals surface area contributed by atoms with Gasteiger partial charge in [-0.15, -0.1) is 0 Å². The summed E-state index contributed by atoms with van der Waals surface area (Å²) >= 11 is 5.90. The first-order valence-electron chi connectivity index (χ1n) is 6.81. The van der Waals surface area contributed by atoms with Crippen LogP contribution in [0.2, 0.25) is 5.02 Å². The standard InChI is InChI=1S/C14H17ClN2O3S/c15-12-7-10(8-16)5-6-14(12)21(19,20)17-9-13(18)11-3-1-2-4-11/h5-7,11,13,17-18H,1-4,9H2. The maximum atomic E-state index is 12.2. The Labute approximate surface area is 129 Å². The lowest BCUT2D eigenvalue weighted by molar-refractivity contribution is 0.115. The van der Waals surface area contributed by atoms with Crippen LogP contribution in [0.25, 0.3) is 0 Å². The van der Waals surface area contributed by atoms with Crippen molar-refractivity contribution in [2.45, 2.75) is 36.7 Å². The Hall–Kier alpha value is -1.13. The number of aliphatic hydroxyl groups is 1. The van der Waals surface area contributed by atoms with Crippen molar-refractivity contribution in [1.29, 1.82) is 5.26 Å². The molecule has 0 aliphatic heterocycles. The molecule has 0 saturated heterocycles. The van der Waals surface area contributed by atoms with E-state index in [1.165, 1.54) is 18.2 Å². The van der Waals surface area contributed by atoms with Crippen molar-refractivity contribution in [3.8, 4) is 6.07 Å². The lowest BCUT2D eigenvalue weighted by Gasteiger charge is -2.18. The third kappa shape index (κ3) is 3.95. The summed E-state index contributed by atoms with van der Waals surface area (Å²) in [6.07, 6.45) is 3.34. The Kier molecular flexibility index (Phi) is 5.22. The fraction of sp³-hybridized carbons (Fsp3) is 0.500. The van der Waals surface area contributed by atoms with Crippen LogP contribution in [0.1, 0.15) is 31.2 Å². The van der Waals surface area contributed by atoms with Crippen LogP contribution >= 0.6 is 11.6 Å². The van der Waals surface area contributed by atoms with Gasteiger partial charge in [0, 0.05) is 6.54 Å². The highest BCUT2D eigenvalue weighted by molar-refractivity contribution is 7.89. The molecule has 0 aromatic heterocycles. The molecule has 1 saturated carbocycles. The Bertz CT molecular complexity index is 649. The fourth-order valence-corrected chi connectivity index (χ4v) is 4.16. The van der Waals surface area contributed by atoms with Gasteiger partial charge < -0.3 is 5.11 Å². The molecular weight excluding hydrogens is 312 g/mol. The Morgan fingerprint density at radius 3 is 2.67 bits per heavy atom. The van der Waals surface area contributed by atoms with Gasteiger partial charge in [0.05, 0.1) is 22.8 Å². The minimum atomic E-state index is -3.79. The number of sulfonamides is 1. The predicted octanol–water partition coefficient (Wildman–Crippen LogP) is 2.04. The number of halogens is 1. The van der Waals surface area contributed by atoms with Crippen molar-refractivity contribution < 1.29 is 13.5 Å². The average Bonchev–Trinajstić information content (AvgIpc) is 2.98. The molecule has 1 aromatic carbocycles. The van der Waals surface area contributed by atoms with Crippen molar-refractivity contribution in [3.63, 3.8) is 0 Å². The maximum Gasteiger partial charge on any atom is 0.242 e.